The number of benzene rings is 1. The van der Waals surface area contributed by atoms with E-state index in [1.54, 1.807) is 36.8 Å². The Bertz CT molecular complexity index is 1080. The van der Waals surface area contributed by atoms with Crippen LogP contribution in [-0.4, -0.2) is 31.1 Å². The molecule has 0 atom stereocenters. The van der Waals surface area contributed by atoms with Gasteiger partial charge in [0.1, 0.15) is 5.82 Å². The summed E-state index contributed by atoms with van der Waals surface area (Å²) in [5.74, 6) is 0.254. The van der Waals surface area contributed by atoms with Crippen molar-refractivity contribution in [3.63, 3.8) is 0 Å². The Morgan fingerprint density at radius 2 is 1.78 bits per heavy atom. The van der Waals surface area contributed by atoms with E-state index in [1.165, 1.54) is 0 Å². The molecule has 2 aromatic heterocycles. The summed E-state index contributed by atoms with van der Waals surface area (Å²) in [6, 6.07) is 8.84. The summed E-state index contributed by atoms with van der Waals surface area (Å²) >= 11 is 0. The van der Waals surface area contributed by atoms with Gasteiger partial charge in [-0.05, 0) is 39.0 Å². The topological polar surface area (TPSA) is 93.8 Å². The molecule has 0 unspecified atom stereocenters. The first-order valence-electron chi connectivity index (χ1n) is 10.7. The highest BCUT2D eigenvalue weighted by Gasteiger charge is 2.26. The van der Waals surface area contributed by atoms with Crippen molar-refractivity contribution >= 4 is 23.3 Å². The molecular weight excluding hydrogens is 404 g/mol. The van der Waals surface area contributed by atoms with Crippen LogP contribution in [0.25, 0.3) is 0 Å². The molecule has 2 amide bonds. The summed E-state index contributed by atoms with van der Waals surface area (Å²) in [6.07, 6.45) is 5.47. The van der Waals surface area contributed by atoms with Crippen LogP contribution in [0.5, 0.6) is 0 Å². The molecule has 3 aromatic rings. The fourth-order valence-electron chi connectivity index (χ4n) is 3.15. The number of imidazole rings is 1. The third kappa shape index (κ3) is 5.84. The molecule has 0 radical (unpaired) electrons. The number of anilines is 2. The molecule has 0 aliphatic carbocycles. The molecule has 8 heteroatoms. The Hall–Kier alpha value is -3.42. The molecule has 0 fully saturated rings. The maximum atomic E-state index is 13.0. The smallest absolute Gasteiger partial charge is 0.256 e. The van der Waals surface area contributed by atoms with Gasteiger partial charge in [0.05, 0.1) is 17.6 Å². The van der Waals surface area contributed by atoms with Crippen LogP contribution in [0.15, 0.2) is 49.1 Å². The van der Waals surface area contributed by atoms with Crippen molar-refractivity contribution in [3.05, 3.63) is 60.3 Å². The van der Waals surface area contributed by atoms with E-state index in [1.807, 2.05) is 42.3 Å². The molecule has 170 valence electrons. The predicted octanol–water partition coefficient (Wildman–Crippen LogP) is 4.41. The number of hydrogen-bond donors (Lipinski definition) is 2. The van der Waals surface area contributed by atoms with Crippen molar-refractivity contribution in [1.82, 2.24) is 19.3 Å². The Morgan fingerprint density at radius 3 is 2.41 bits per heavy atom. The molecule has 0 saturated heterocycles. The number of nitrogens with one attached hydrogen (secondary N) is 2. The third-order valence-electron chi connectivity index (χ3n) is 4.92. The molecule has 0 spiro atoms. The quantitative estimate of drug-likeness (QED) is 0.598. The molecule has 2 N–H and O–H groups in total. The maximum Gasteiger partial charge on any atom is 0.256 e. The molecule has 8 nitrogen and oxygen atoms in total. The van der Waals surface area contributed by atoms with Crippen LogP contribution in [0.2, 0.25) is 0 Å². The SMILES string of the molecule is CC(C)(C)c1cc(NC(=O)c2cccc(NC(=O)CCn3ccnc3)c2)n(C(C)(C)C)n1. The minimum absolute atomic E-state index is 0.128. The highest BCUT2D eigenvalue weighted by atomic mass is 16.2. The average Bonchev–Trinajstić information content (AvgIpc) is 3.36. The van der Waals surface area contributed by atoms with Gasteiger partial charge in [-0.3, -0.25) is 9.59 Å². The second kappa shape index (κ2) is 8.98. The van der Waals surface area contributed by atoms with Crippen molar-refractivity contribution in [2.24, 2.45) is 0 Å². The van der Waals surface area contributed by atoms with Gasteiger partial charge in [0.25, 0.3) is 5.91 Å². The van der Waals surface area contributed by atoms with Gasteiger partial charge in [-0.2, -0.15) is 5.10 Å². The summed E-state index contributed by atoms with van der Waals surface area (Å²) in [6.45, 7) is 12.9. The highest BCUT2D eigenvalue weighted by molar-refractivity contribution is 6.05. The summed E-state index contributed by atoms with van der Waals surface area (Å²) in [5.41, 5.74) is 1.50. The second-order valence-corrected chi connectivity index (χ2v) is 9.88. The molecular formula is C24H32N6O2. The van der Waals surface area contributed by atoms with Crippen LogP contribution in [0.1, 0.15) is 64.0 Å². The van der Waals surface area contributed by atoms with Crippen molar-refractivity contribution in [1.29, 1.82) is 0 Å². The Morgan fingerprint density at radius 1 is 1.03 bits per heavy atom. The number of nitrogens with zero attached hydrogens (tertiary/aromatic N) is 4. The molecule has 0 saturated carbocycles. The van der Waals surface area contributed by atoms with E-state index in [2.05, 4.69) is 36.4 Å². The van der Waals surface area contributed by atoms with Crippen LogP contribution in [0, 0.1) is 0 Å². The van der Waals surface area contributed by atoms with Gasteiger partial charge in [0.2, 0.25) is 5.91 Å². The Kier molecular flexibility index (Phi) is 6.52. The fraction of sp³-hybridized carbons (Fsp3) is 0.417. The highest BCUT2D eigenvalue weighted by Crippen LogP contribution is 2.28. The van der Waals surface area contributed by atoms with Crippen molar-refractivity contribution in [2.45, 2.75) is 65.5 Å². The van der Waals surface area contributed by atoms with Gasteiger partial charge < -0.3 is 15.2 Å². The number of hydrogen-bond acceptors (Lipinski definition) is 4. The summed E-state index contributed by atoms with van der Waals surface area (Å²) in [5, 5.41) is 10.6. The van der Waals surface area contributed by atoms with E-state index < -0.39 is 0 Å². The van der Waals surface area contributed by atoms with E-state index in [0.717, 1.165) is 5.69 Å². The number of carbonyl (C=O) groups is 2. The molecule has 2 heterocycles. The lowest BCUT2D eigenvalue weighted by Gasteiger charge is -2.23. The summed E-state index contributed by atoms with van der Waals surface area (Å²) in [4.78, 5) is 29.2. The molecule has 0 bridgehead atoms. The lowest BCUT2D eigenvalue weighted by Crippen LogP contribution is -2.27. The average molecular weight is 437 g/mol. The zero-order chi connectivity index (χ0) is 23.5. The van der Waals surface area contributed by atoms with Crippen LogP contribution in [-0.2, 0) is 22.3 Å². The minimum atomic E-state index is -0.294. The number of aromatic nitrogens is 4. The molecule has 32 heavy (non-hydrogen) atoms. The normalized spacial score (nSPS) is 11.9. The zero-order valence-corrected chi connectivity index (χ0v) is 19.6. The Labute approximate surface area is 189 Å². The number of aryl methyl sites for hydroxylation is 1. The third-order valence-corrected chi connectivity index (χ3v) is 4.92. The van der Waals surface area contributed by atoms with Gasteiger partial charge in [-0.25, -0.2) is 9.67 Å². The van der Waals surface area contributed by atoms with Crippen molar-refractivity contribution in [2.75, 3.05) is 10.6 Å². The van der Waals surface area contributed by atoms with Gasteiger partial charge in [0.15, 0.2) is 0 Å². The van der Waals surface area contributed by atoms with Gasteiger partial charge >= 0.3 is 0 Å². The first kappa shape index (κ1) is 23.2. The van der Waals surface area contributed by atoms with Gasteiger partial charge in [-0.15, -0.1) is 0 Å². The molecule has 0 aliphatic heterocycles. The number of carbonyl (C=O) groups excluding carboxylic acids is 2. The molecule has 0 aliphatic rings. The van der Waals surface area contributed by atoms with E-state index >= 15 is 0 Å². The minimum Gasteiger partial charge on any atom is -0.337 e. The summed E-state index contributed by atoms with van der Waals surface area (Å²) in [7, 11) is 0. The van der Waals surface area contributed by atoms with Crippen LogP contribution >= 0.6 is 0 Å². The van der Waals surface area contributed by atoms with E-state index in [9.17, 15) is 9.59 Å². The van der Waals surface area contributed by atoms with Crippen molar-refractivity contribution in [3.8, 4) is 0 Å². The summed E-state index contributed by atoms with van der Waals surface area (Å²) < 4.78 is 3.68. The maximum absolute atomic E-state index is 13.0. The monoisotopic (exact) mass is 436 g/mol. The fourth-order valence-corrected chi connectivity index (χ4v) is 3.15. The number of rotatable bonds is 6. The first-order chi connectivity index (χ1) is 14.9. The predicted molar refractivity (Wildman–Crippen MR) is 126 cm³/mol. The van der Waals surface area contributed by atoms with E-state index in [-0.39, 0.29) is 22.8 Å². The zero-order valence-electron chi connectivity index (χ0n) is 19.6. The van der Waals surface area contributed by atoms with Crippen LogP contribution in [0.4, 0.5) is 11.5 Å². The van der Waals surface area contributed by atoms with Crippen LogP contribution < -0.4 is 10.6 Å². The lowest BCUT2D eigenvalue weighted by atomic mass is 9.92. The molecule has 3 rings (SSSR count). The second-order valence-electron chi connectivity index (χ2n) is 9.88. The standard InChI is InChI=1S/C24H32N6O2/c1-23(2,3)19-15-20(30(28-19)24(4,5)6)27-22(32)17-8-7-9-18(14-17)26-21(31)10-12-29-13-11-25-16-29/h7-9,11,13-16H,10,12H2,1-6H3,(H,26,31)(H,27,32). The van der Waals surface area contributed by atoms with Gasteiger partial charge in [-0.1, -0.05) is 26.8 Å². The van der Waals surface area contributed by atoms with Gasteiger partial charge in [0, 0.05) is 48.1 Å². The lowest BCUT2D eigenvalue weighted by molar-refractivity contribution is -0.116. The number of amides is 2. The van der Waals surface area contributed by atoms with E-state index in [0.29, 0.717) is 30.0 Å². The van der Waals surface area contributed by atoms with Crippen LogP contribution in [0.3, 0.4) is 0 Å². The van der Waals surface area contributed by atoms with E-state index in [4.69, 9.17) is 5.10 Å². The van der Waals surface area contributed by atoms with Crippen molar-refractivity contribution < 1.29 is 9.59 Å². The Balaban J connectivity index is 1.72. The largest absolute Gasteiger partial charge is 0.337 e. The first-order valence-corrected chi connectivity index (χ1v) is 10.7. The molecule has 1 aromatic carbocycles.